The lowest BCUT2D eigenvalue weighted by Crippen LogP contribution is -2.47. The fraction of sp³-hybridized carbons (Fsp3) is 0.529. The van der Waals surface area contributed by atoms with Gasteiger partial charge in [0.25, 0.3) is 11.8 Å². The number of amides is 2. The highest BCUT2D eigenvalue weighted by molar-refractivity contribution is 6.01. The van der Waals surface area contributed by atoms with Crippen LogP contribution in [0.3, 0.4) is 0 Å². The molecular formula is C17H21F3N6O2. The molecule has 0 saturated carbocycles. The van der Waals surface area contributed by atoms with Gasteiger partial charge < -0.3 is 9.88 Å². The summed E-state index contributed by atoms with van der Waals surface area (Å²) in [4.78, 5) is 30.8. The Balaban J connectivity index is 1.77. The Morgan fingerprint density at radius 1 is 1.43 bits per heavy atom. The molecule has 0 fully saturated rings. The first-order valence-corrected chi connectivity index (χ1v) is 8.93. The first kappa shape index (κ1) is 19.9. The lowest BCUT2D eigenvalue weighted by molar-refractivity contribution is -0.134. The zero-order valence-corrected chi connectivity index (χ0v) is 15.5. The molecular weight excluding hydrogens is 377 g/mol. The Hall–Kier alpha value is -2.85. The molecule has 3 rings (SSSR count). The third kappa shape index (κ3) is 4.02. The van der Waals surface area contributed by atoms with Crippen molar-refractivity contribution >= 4 is 17.8 Å². The molecule has 0 aliphatic carbocycles. The van der Waals surface area contributed by atoms with Crippen LogP contribution in [0, 0.1) is 0 Å². The summed E-state index contributed by atoms with van der Waals surface area (Å²) in [6.45, 7) is 2.23. The standard InChI is InChI=1S/C17H21F3N6O2/c1-3-11-10(4-6-17(18,19)20)13(24-23-11)14(27)22-12-5-8-26-9-7-21-16(26)25(2)15(12)28/h7,9,12H,3-6,8H2,1-2H3,(H,22,27)(H,23,24). The minimum atomic E-state index is -4.34. The van der Waals surface area contributed by atoms with E-state index in [2.05, 4.69) is 20.5 Å². The van der Waals surface area contributed by atoms with Gasteiger partial charge in [-0.05, 0) is 19.3 Å². The summed E-state index contributed by atoms with van der Waals surface area (Å²) in [6.07, 6.45) is -1.66. The summed E-state index contributed by atoms with van der Waals surface area (Å²) in [5.74, 6) is -0.540. The smallest absolute Gasteiger partial charge is 0.339 e. The molecule has 28 heavy (non-hydrogen) atoms. The number of rotatable bonds is 5. The first-order chi connectivity index (χ1) is 13.2. The van der Waals surface area contributed by atoms with Gasteiger partial charge in [-0.1, -0.05) is 6.92 Å². The van der Waals surface area contributed by atoms with Crippen LogP contribution in [0.1, 0.15) is 41.5 Å². The molecule has 11 heteroatoms. The summed E-state index contributed by atoms with van der Waals surface area (Å²) < 4.78 is 39.7. The van der Waals surface area contributed by atoms with Crippen molar-refractivity contribution < 1.29 is 22.8 Å². The zero-order valence-electron chi connectivity index (χ0n) is 15.5. The number of H-pyrrole nitrogens is 1. The van der Waals surface area contributed by atoms with E-state index in [9.17, 15) is 22.8 Å². The van der Waals surface area contributed by atoms with Crippen molar-refractivity contribution in [1.29, 1.82) is 0 Å². The highest BCUT2D eigenvalue weighted by atomic mass is 19.4. The van der Waals surface area contributed by atoms with Gasteiger partial charge in [0.15, 0.2) is 5.69 Å². The van der Waals surface area contributed by atoms with Crippen LogP contribution in [0.15, 0.2) is 12.4 Å². The highest BCUT2D eigenvalue weighted by Gasteiger charge is 2.33. The number of nitrogens with zero attached hydrogens (tertiary/aromatic N) is 4. The number of halogens is 3. The van der Waals surface area contributed by atoms with Crippen LogP contribution < -0.4 is 10.2 Å². The topological polar surface area (TPSA) is 95.9 Å². The molecule has 0 aromatic carbocycles. The van der Waals surface area contributed by atoms with E-state index in [-0.39, 0.29) is 23.6 Å². The second-order valence-corrected chi connectivity index (χ2v) is 6.63. The lowest BCUT2D eigenvalue weighted by atomic mass is 10.0. The van der Waals surface area contributed by atoms with E-state index >= 15 is 0 Å². The number of fused-ring (bicyclic) bond motifs is 1. The van der Waals surface area contributed by atoms with Gasteiger partial charge in [0, 0.05) is 43.7 Å². The van der Waals surface area contributed by atoms with Crippen molar-refractivity contribution in [2.75, 3.05) is 11.9 Å². The number of carbonyl (C=O) groups is 2. The third-order valence-corrected chi connectivity index (χ3v) is 4.77. The molecule has 0 spiro atoms. The molecule has 0 bridgehead atoms. The number of nitrogens with one attached hydrogen (secondary N) is 2. The average Bonchev–Trinajstić information content (AvgIpc) is 3.25. The fourth-order valence-corrected chi connectivity index (χ4v) is 3.28. The van der Waals surface area contributed by atoms with Crippen molar-refractivity contribution in [3.05, 3.63) is 29.3 Å². The molecule has 2 amide bonds. The number of hydrogen-bond acceptors (Lipinski definition) is 4. The van der Waals surface area contributed by atoms with Gasteiger partial charge in [0.2, 0.25) is 5.95 Å². The number of hydrogen-bond donors (Lipinski definition) is 2. The average molecular weight is 398 g/mol. The Kier molecular flexibility index (Phi) is 5.43. The zero-order chi connectivity index (χ0) is 20.5. The maximum absolute atomic E-state index is 12.7. The largest absolute Gasteiger partial charge is 0.389 e. The molecule has 0 radical (unpaired) electrons. The maximum Gasteiger partial charge on any atom is 0.389 e. The Morgan fingerprint density at radius 2 is 2.18 bits per heavy atom. The molecule has 2 aromatic heterocycles. The molecule has 2 N–H and O–H groups in total. The summed E-state index contributed by atoms with van der Waals surface area (Å²) >= 11 is 0. The number of aromatic amines is 1. The number of alkyl halides is 3. The summed E-state index contributed by atoms with van der Waals surface area (Å²) in [5, 5.41) is 9.16. The molecule has 1 aliphatic heterocycles. The van der Waals surface area contributed by atoms with E-state index in [1.54, 1.807) is 30.9 Å². The number of carbonyl (C=O) groups excluding carboxylic acids is 2. The molecule has 1 unspecified atom stereocenters. The second-order valence-electron chi connectivity index (χ2n) is 6.63. The van der Waals surface area contributed by atoms with Gasteiger partial charge in [-0.2, -0.15) is 18.3 Å². The third-order valence-electron chi connectivity index (χ3n) is 4.77. The van der Waals surface area contributed by atoms with Crippen LogP contribution in [-0.2, 0) is 24.2 Å². The molecule has 0 saturated heterocycles. The number of likely N-dealkylation sites (N-methyl/N-ethyl adjacent to an activating group) is 1. The monoisotopic (exact) mass is 398 g/mol. The van der Waals surface area contributed by atoms with Gasteiger partial charge in [-0.15, -0.1) is 0 Å². The van der Waals surface area contributed by atoms with Crippen molar-refractivity contribution in [2.24, 2.45) is 0 Å². The van der Waals surface area contributed by atoms with Crippen LogP contribution in [0.4, 0.5) is 19.1 Å². The van der Waals surface area contributed by atoms with Crippen molar-refractivity contribution in [2.45, 2.75) is 51.4 Å². The second kappa shape index (κ2) is 7.64. The Morgan fingerprint density at radius 3 is 2.86 bits per heavy atom. The SMILES string of the molecule is CCc1[nH]nc(C(=O)NC2CCn3ccnc3N(C)C2=O)c1CCC(F)(F)F. The van der Waals surface area contributed by atoms with E-state index < -0.39 is 24.5 Å². The Labute approximate surface area is 159 Å². The van der Waals surface area contributed by atoms with Gasteiger partial charge in [0.1, 0.15) is 6.04 Å². The van der Waals surface area contributed by atoms with Crippen molar-refractivity contribution in [1.82, 2.24) is 25.1 Å². The van der Waals surface area contributed by atoms with Crippen LogP contribution in [0.5, 0.6) is 0 Å². The predicted octanol–water partition coefficient (Wildman–Crippen LogP) is 1.83. The quantitative estimate of drug-likeness (QED) is 0.803. The predicted molar refractivity (Wildman–Crippen MR) is 93.8 cm³/mol. The maximum atomic E-state index is 12.7. The molecule has 1 atom stereocenters. The van der Waals surface area contributed by atoms with E-state index in [1.165, 1.54) is 4.90 Å². The van der Waals surface area contributed by atoms with Gasteiger partial charge in [-0.3, -0.25) is 19.6 Å². The summed E-state index contributed by atoms with van der Waals surface area (Å²) in [5.41, 5.74) is 0.622. The van der Waals surface area contributed by atoms with Crippen LogP contribution in [0.25, 0.3) is 0 Å². The van der Waals surface area contributed by atoms with E-state index in [0.717, 1.165) is 0 Å². The fourth-order valence-electron chi connectivity index (χ4n) is 3.28. The van der Waals surface area contributed by atoms with Crippen molar-refractivity contribution in [3.8, 4) is 0 Å². The number of imidazole rings is 1. The first-order valence-electron chi connectivity index (χ1n) is 8.93. The lowest BCUT2D eigenvalue weighted by Gasteiger charge is -2.19. The van der Waals surface area contributed by atoms with Gasteiger partial charge in [-0.25, -0.2) is 4.98 Å². The van der Waals surface area contributed by atoms with Crippen LogP contribution >= 0.6 is 0 Å². The minimum Gasteiger partial charge on any atom is -0.339 e. The minimum absolute atomic E-state index is 0.0986. The molecule has 152 valence electrons. The number of anilines is 1. The van der Waals surface area contributed by atoms with Crippen LogP contribution in [-0.4, -0.2) is 50.8 Å². The highest BCUT2D eigenvalue weighted by Crippen LogP contribution is 2.25. The molecule has 1 aliphatic rings. The van der Waals surface area contributed by atoms with E-state index in [1.807, 2.05) is 0 Å². The normalized spacial score (nSPS) is 17.4. The van der Waals surface area contributed by atoms with Gasteiger partial charge in [0.05, 0.1) is 0 Å². The molecule has 8 nitrogen and oxygen atoms in total. The van der Waals surface area contributed by atoms with E-state index in [0.29, 0.717) is 31.0 Å². The Bertz CT molecular complexity index is 873. The number of aromatic nitrogens is 4. The summed E-state index contributed by atoms with van der Waals surface area (Å²) in [7, 11) is 1.56. The van der Waals surface area contributed by atoms with Gasteiger partial charge >= 0.3 is 6.18 Å². The molecule has 2 aromatic rings. The van der Waals surface area contributed by atoms with E-state index in [4.69, 9.17) is 0 Å². The van der Waals surface area contributed by atoms with Crippen molar-refractivity contribution in [3.63, 3.8) is 0 Å². The van der Waals surface area contributed by atoms with Crippen LogP contribution in [0.2, 0.25) is 0 Å². The number of aryl methyl sites for hydroxylation is 2. The molecule has 3 heterocycles. The summed E-state index contributed by atoms with van der Waals surface area (Å²) in [6, 6.07) is -0.823.